The summed E-state index contributed by atoms with van der Waals surface area (Å²) in [5.74, 6) is 0. The van der Waals surface area contributed by atoms with E-state index in [1.54, 1.807) is 11.3 Å². The largest absolute Gasteiger partial charge is 0.391 e. The molecule has 3 rings (SSSR count). The van der Waals surface area contributed by atoms with Crippen molar-refractivity contribution in [2.75, 3.05) is 18.0 Å². The van der Waals surface area contributed by atoms with Crippen LogP contribution < -0.4 is 4.90 Å². The highest BCUT2D eigenvalue weighted by Crippen LogP contribution is 2.28. The SMILES string of the molecule is CCc1nc(N2CCc3ccccc3CC2)sc1CO. The topological polar surface area (TPSA) is 36.4 Å². The Balaban J connectivity index is 1.81. The lowest BCUT2D eigenvalue weighted by molar-refractivity contribution is 0.284. The van der Waals surface area contributed by atoms with Crippen molar-refractivity contribution < 1.29 is 5.11 Å². The summed E-state index contributed by atoms with van der Waals surface area (Å²) in [4.78, 5) is 8.09. The van der Waals surface area contributed by atoms with Crippen LogP contribution in [0.15, 0.2) is 24.3 Å². The van der Waals surface area contributed by atoms with E-state index < -0.39 is 0 Å². The van der Waals surface area contributed by atoms with E-state index >= 15 is 0 Å². The maximum absolute atomic E-state index is 9.41. The standard InChI is InChI=1S/C16H20N2OS/c1-2-14-15(11-19)20-16(17-14)18-9-7-12-5-3-4-6-13(12)8-10-18/h3-6,19H,2,7-11H2,1H3. The molecule has 0 radical (unpaired) electrons. The maximum Gasteiger partial charge on any atom is 0.185 e. The van der Waals surface area contributed by atoms with Crippen molar-refractivity contribution in [3.05, 3.63) is 46.0 Å². The van der Waals surface area contributed by atoms with Crippen LogP contribution in [0.4, 0.5) is 5.13 Å². The number of anilines is 1. The van der Waals surface area contributed by atoms with Gasteiger partial charge in [0.25, 0.3) is 0 Å². The van der Waals surface area contributed by atoms with Gasteiger partial charge in [-0.15, -0.1) is 0 Å². The molecular weight excluding hydrogens is 268 g/mol. The number of hydrogen-bond donors (Lipinski definition) is 1. The first kappa shape index (κ1) is 13.6. The lowest BCUT2D eigenvalue weighted by Gasteiger charge is -2.18. The smallest absolute Gasteiger partial charge is 0.185 e. The quantitative estimate of drug-likeness (QED) is 0.943. The average molecular weight is 288 g/mol. The molecule has 0 atom stereocenters. The molecule has 1 N–H and O–H groups in total. The molecule has 2 heterocycles. The van der Waals surface area contributed by atoms with Crippen molar-refractivity contribution in [3.8, 4) is 0 Å². The van der Waals surface area contributed by atoms with Crippen molar-refractivity contribution in [1.29, 1.82) is 0 Å². The summed E-state index contributed by atoms with van der Waals surface area (Å²) in [6.45, 7) is 4.22. The number of rotatable bonds is 3. The van der Waals surface area contributed by atoms with E-state index in [0.29, 0.717) is 0 Å². The summed E-state index contributed by atoms with van der Waals surface area (Å²) in [6.07, 6.45) is 3.04. The second-order valence-electron chi connectivity index (χ2n) is 5.13. The van der Waals surface area contributed by atoms with Crippen molar-refractivity contribution in [2.45, 2.75) is 32.8 Å². The number of aromatic nitrogens is 1. The molecule has 0 saturated carbocycles. The molecule has 0 bridgehead atoms. The fraction of sp³-hybridized carbons (Fsp3) is 0.438. The normalized spacial score (nSPS) is 15.0. The lowest BCUT2D eigenvalue weighted by atomic mass is 10.0. The average Bonchev–Trinajstić information content (AvgIpc) is 2.79. The highest BCUT2D eigenvalue weighted by atomic mass is 32.1. The lowest BCUT2D eigenvalue weighted by Crippen LogP contribution is -2.25. The molecule has 3 nitrogen and oxygen atoms in total. The number of aryl methyl sites for hydroxylation is 1. The molecule has 1 aromatic heterocycles. The van der Waals surface area contributed by atoms with Crippen LogP contribution in [0, 0.1) is 0 Å². The molecule has 1 aromatic carbocycles. The summed E-state index contributed by atoms with van der Waals surface area (Å²) >= 11 is 1.64. The van der Waals surface area contributed by atoms with Crippen molar-refractivity contribution in [2.24, 2.45) is 0 Å². The van der Waals surface area contributed by atoms with Gasteiger partial charge in [0, 0.05) is 13.1 Å². The van der Waals surface area contributed by atoms with E-state index in [1.165, 1.54) is 11.1 Å². The molecule has 0 spiro atoms. The Morgan fingerprint density at radius 3 is 2.35 bits per heavy atom. The van der Waals surface area contributed by atoms with Gasteiger partial charge in [-0.1, -0.05) is 42.5 Å². The van der Waals surface area contributed by atoms with Crippen molar-refractivity contribution in [1.82, 2.24) is 4.98 Å². The van der Waals surface area contributed by atoms with Gasteiger partial charge in [0.15, 0.2) is 5.13 Å². The van der Waals surface area contributed by atoms with Crippen LogP contribution in [0.2, 0.25) is 0 Å². The number of nitrogens with zero attached hydrogens (tertiary/aromatic N) is 2. The second kappa shape index (κ2) is 5.94. The second-order valence-corrected chi connectivity index (χ2v) is 6.20. The highest BCUT2D eigenvalue weighted by Gasteiger charge is 2.18. The molecule has 106 valence electrons. The fourth-order valence-corrected chi connectivity index (χ4v) is 3.82. The van der Waals surface area contributed by atoms with Crippen LogP contribution in [0.25, 0.3) is 0 Å². The molecule has 1 aliphatic heterocycles. The summed E-state index contributed by atoms with van der Waals surface area (Å²) in [7, 11) is 0. The number of fused-ring (bicyclic) bond motifs is 1. The van der Waals surface area contributed by atoms with Gasteiger partial charge in [0.05, 0.1) is 17.2 Å². The van der Waals surface area contributed by atoms with Gasteiger partial charge in [0.2, 0.25) is 0 Å². The van der Waals surface area contributed by atoms with Crippen LogP contribution in [0.1, 0.15) is 28.6 Å². The molecule has 4 heteroatoms. The van der Waals surface area contributed by atoms with E-state index in [1.807, 2.05) is 0 Å². The predicted octanol–water partition coefficient (Wildman–Crippen LogP) is 2.80. The Labute approximate surface area is 123 Å². The zero-order valence-electron chi connectivity index (χ0n) is 11.8. The number of aliphatic hydroxyl groups is 1. The molecule has 0 aliphatic carbocycles. The zero-order chi connectivity index (χ0) is 13.9. The van der Waals surface area contributed by atoms with E-state index in [0.717, 1.165) is 48.1 Å². The van der Waals surface area contributed by atoms with Crippen molar-refractivity contribution >= 4 is 16.5 Å². The minimum atomic E-state index is 0.106. The fourth-order valence-electron chi connectivity index (χ4n) is 2.76. The van der Waals surface area contributed by atoms with E-state index in [9.17, 15) is 5.11 Å². The van der Waals surface area contributed by atoms with Gasteiger partial charge in [-0.25, -0.2) is 4.98 Å². The Bertz CT molecular complexity index is 545. The third-order valence-electron chi connectivity index (χ3n) is 3.94. The third kappa shape index (κ3) is 2.58. The summed E-state index contributed by atoms with van der Waals surface area (Å²) in [5, 5.41) is 10.5. The first-order valence-corrected chi connectivity index (χ1v) is 8.04. The Hall–Kier alpha value is -1.39. The molecule has 0 fully saturated rings. The number of thiazole rings is 1. The Morgan fingerprint density at radius 1 is 1.20 bits per heavy atom. The van der Waals surface area contributed by atoms with Crippen LogP contribution in [0.5, 0.6) is 0 Å². The van der Waals surface area contributed by atoms with Gasteiger partial charge in [0.1, 0.15) is 0 Å². The summed E-state index contributed by atoms with van der Waals surface area (Å²) < 4.78 is 0. The molecule has 1 aliphatic rings. The van der Waals surface area contributed by atoms with Gasteiger partial charge in [-0.2, -0.15) is 0 Å². The van der Waals surface area contributed by atoms with Gasteiger partial charge >= 0.3 is 0 Å². The third-order valence-corrected chi connectivity index (χ3v) is 5.08. The predicted molar refractivity (Wildman–Crippen MR) is 83.5 cm³/mol. The molecular formula is C16H20N2OS. The maximum atomic E-state index is 9.41. The van der Waals surface area contributed by atoms with Crippen LogP contribution in [-0.4, -0.2) is 23.2 Å². The van der Waals surface area contributed by atoms with E-state index in [-0.39, 0.29) is 6.61 Å². The monoisotopic (exact) mass is 288 g/mol. The Morgan fingerprint density at radius 2 is 1.85 bits per heavy atom. The first-order valence-electron chi connectivity index (χ1n) is 7.23. The van der Waals surface area contributed by atoms with Crippen LogP contribution >= 0.6 is 11.3 Å². The van der Waals surface area contributed by atoms with E-state index in [4.69, 9.17) is 4.98 Å². The molecule has 0 saturated heterocycles. The zero-order valence-corrected chi connectivity index (χ0v) is 12.6. The first-order chi connectivity index (χ1) is 9.81. The molecule has 20 heavy (non-hydrogen) atoms. The summed E-state index contributed by atoms with van der Waals surface area (Å²) in [6, 6.07) is 8.71. The number of hydrogen-bond acceptors (Lipinski definition) is 4. The molecule has 0 amide bonds. The minimum Gasteiger partial charge on any atom is -0.391 e. The number of benzene rings is 1. The van der Waals surface area contributed by atoms with Crippen LogP contribution in [0.3, 0.4) is 0 Å². The van der Waals surface area contributed by atoms with Crippen LogP contribution in [-0.2, 0) is 25.9 Å². The van der Waals surface area contributed by atoms with Crippen molar-refractivity contribution in [3.63, 3.8) is 0 Å². The minimum absolute atomic E-state index is 0.106. The van der Waals surface area contributed by atoms with Gasteiger partial charge < -0.3 is 10.0 Å². The van der Waals surface area contributed by atoms with Gasteiger partial charge in [-0.3, -0.25) is 0 Å². The highest BCUT2D eigenvalue weighted by molar-refractivity contribution is 7.15. The summed E-state index contributed by atoms with van der Waals surface area (Å²) in [5.41, 5.74) is 3.98. The van der Waals surface area contributed by atoms with Gasteiger partial charge in [-0.05, 0) is 30.4 Å². The molecule has 0 unspecified atom stereocenters. The number of aliphatic hydroxyl groups excluding tert-OH is 1. The Kier molecular flexibility index (Phi) is 4.03. The van der Waals surface area contributed by atoms with E-state index in [2.05, 4.69) is 36.1 Å². The molecule has 2 aromatic rings.